The zero-order valence-electron chi connectivity index (χ0n) is 7.58. The highest BCUT2D eigenvalue weighted by Crippen LogP contribution is 2.50. The van der Waals surface area contributed by atoms with Crippen LogP contribution in [0.25, 0.3) is 0 Å². The molecule has 0 spiro atoms. The van der Waals surface area contributed by atoms with Crippen LogP contribution in [-0.4, -0.2) is 18.3 Å². The van der Waals surface area contributed by atoms with Crippen LogP contribution < -0.4 is 5.73 Å². The fraction of sp³-hybridized carbons (Fsp3) is 1.00. The van der Waals surface area contributed by atoms with Gasteiger partial charge in [0, 0.05) is 6.61 Å². The molecule has 0 saturated heterocycles. The molecule has 3 N–H and O–H groups in total. The van der Waals surface area contributed by atoms with Crippen LogP contribution in [0.3, 0.4) is 0 Å². The van der Waals surface area contributed by atoms with E-state index in [2.05, 4.69) is 0 Å². The smallest absolute Gasteiger partial charge is 0.0474 e. The Bertz CT molecular complexity index is 156. The molecule has 4 unspecified atom stereocenters. The van der Waals surface area contributed by atoms with Crippen molar-refractivity contribution in [1.29, 1.82) is 0 Å². The molecule has 0 amide bonds. The second kappa shape index (κ2) is 3.35. The van der Waals surface area contributed by atoms with Crippen molar-refractivity contribution in [2.75, 3.05) is 13.2 Å². The topological polar surface area (TPSA) is 46.2 Å². The lowest BCUT2D eigenvalue weighted by Gasteiger charge is -2.28. The van der Waals surface area contributed by atoms with Crippen LogP contribution in [0.1, 0.15) is 25.7 Å². The summed E-state index contributed by atoms with van der Waals surface area (Å²) in [6.07, 6.45) is 5.59. The van der Waals surface area contributed by atoms with E-state index < -0.39 is 0 Å². The Labute approximate surface area is 74.1 Å². The fourth-order valence-electron chi connectivity index (χ4n) is 3.26. The molecule has 0 aromatic carbocycles. The number of hydrogen-bond acceptors (Lipinski definition) is 2. The molecule has 2 bridgehead atoms. The molecule has 12 heavy (non-hydrogen) atoms. The molecule has 4 atom stereocenters. The van der Waals surface area contributed by atoms with E-state index in [1.165, 1.54) is 25.7 Å². The predicted octanol–water partition coefficient (Wildman–Crippen LogP) is 0.990. The predicted molar refractivity (Wildman–Crippen MR) is 48.6 cm³/mol. The van der Waals surface area contributed by atoms with E-state index in [4.69, 9.17) is 10.8 Å². The average molecular weight is 169 g/mol. The summed E-state index contributed by atoms with van der Waals surface area (Å²) in [6, 6.07) is 0. The van der Waals surface area contributed by atoms with Crippen LogP contribution in [0.4, 0.5) is 0 Å². The number of rotatable bonds is 3. The molecule has 2 heteroatoms. The SMILES string of the molecule is NCC(CO)C1CC2CCC1C2. The van der Waals surface area contributed by atoms with E-state index in [0.717, 1.165) is 17.8 Å². The molecule has 2 rings (SSSR count). The van der Waals surface area contributed by atoms with Gasteiger partial charge in [-0.05, 0) is 49.5 Å². The van der Waals surface area contributed by atoms with Crippen molar-refractivity contribution in [3.8, 4) is 0 Å². The maximum Gasteiger partial charge on any atom is 0.0474 e. The maximum atomic E-state index is 9.13. The quantitative estimate of drug-likeness (QED) is 0.662. The highest BCUT2D eigenvalue weighted by Gasteiger charge is 2.42. The van der Waals surface area contributed by atoms with Crippen molar-refractivity contribution >= 4 is 0 Å². The summed E-state index contributed by atoms with van der Waals surface area (Å²) in [7, 11) is 0. The van der Waals surface area contributed by atoms with Crippen molar-refractivity contribution in [3.05, 3.63) is 0 Å². The van der Waals surface area contributed by atoms with Crippen molar-refractivity contribution in [2.24, 2.45) is 29.4 Å². The van der Waals surface area contributed by atoms with Crippen molar-refractivity contribution in [1.82, 2.24) is 0 Å². The molecule has 0 heterocycles. The minimum atomic E-state index is 0.296. The number of aliphatic hydroxyl groups excluding tert-OH is 1. The first kappa shape index (κ1) is 8.52. The van der Waals surface area contributed by atoms with Gasteiger partial charge in [0.1, 0.15) is 0 Å². The molecule has 0 radical (unpaired) electrons. The summed E-state index contributed by atoms with van der Waals surface area (Å²) in [4.78, 5) is 0. The van der Waals surface area contributed by atoms with Gasteiger partial charge in [-0.1, -0.05) is 6.42 Å². The Morgan fingerprint density at radius 3 is 2.58 bits per heavy atom. The average Bonchev–Trinajstić information content (AvgIpc) is 2.67. The van der Waals surface area contributed by atoms with Crippen molar-refractivity contribution < 1.29 is 5.11 Å². The monoisotopic (exact) mass is 169 g/mol. The highest BCUT2D eigenvalue weighted by atomic mass is 16.3. The molecular weight excluding hydrogens is 150 g/mol. The third-order valence-electron chi connectivity index (χ3n) is 3.94. The summed E-state index contributed by atoms with van der Waals surface area (Å²) >= 11 is 0. The zero-order chi connectivity index (χ0) is 8.55. The van der Waals surface area contributed by atoms with E-state index in [9.17, 15) is 0 Å². The van der Waals surface area contributed by atoms with E-state index in [0.29, 0.717) is 19.1 Å². The molecule has 0 aromatic heterocycles. The molecule has 0 aliphatic heterocycles. The van der Waals surface area contributed by atoms with E-state index in [1.54, 1.807) is 0 Å². The normalized spacial score (nSPS) is 42.0. The van der Waals surface area contributed by atoms with Crippen LogP contribution in [0, 0.1) is 23.7 Å². The second-order valence-electron chi connectivity index (χ2n) is 4.52. The van der Waals surface area contributed by atoms with Crippen LogP contribution in [0.2, 0.25) is 0 Å². The number of aliphatic hydroxyl groups is 1. The minimum Gasteiger partial charge on any atom is -0.396 e. The van der Waals surface area contributed by atoms with Gasteiger partial charge >= 0.3 is 0 Å². The van der Waals surface area contributed by atoms with Gasteiger partial charge in [0.25, 0.3) is 0 Å². The number of nitrogens with two attached hydrogens (primary N) is 1. The molecule has 0 aromatic rings. The lowest BCUT2D eigenvalue weighted by Crippen LogP contribution is -2.30. The minimum absolute atomic E-state index is 0.296. The van der Waals surface area contributed by atoms with Gasteiger partial charge in [0.2, 0.25) is 0 Å². The van der Waals surface area contributed by atoms with Gasteiger partial charge in [-0.25, -0.2) is 0 Å². The van der Waals surface area contributed by atoms with Crippen LogP contribution in [-0.2, 0) is 0 Å². The van der Waals surface area contributed by atoms with E-state index >= 15 is 0 Å². The molecule has 70 valence electrons. The number of fused-ring (bicyclic) bond motifs is 2. The van der Waals surface area contributed by atoms with Gasteiger partial charge in [-0.2, -0.15) is 0 Å². The highest BCUT2D eigenvalue weighted by molar-refractivity contribution is 4.92. The molecule has 2 saturated carbocycles. The molecular formula is C10H19NO. The Morgan fingerprint density at radius 2 is 2.17 bits per heavy atom. The van der Waals surface area contributed by atoms with Gasteiger partial charge < -0.3 is 10.8 Å². The van der Waals surface area contributed by atoms with E-state index in [1.807, 2.05) is 0 Å². The molecule has 2 aliphatic carbocycles. The summed E-state index contributed by atoms with van der Waals surface area (Å²) in [5.74, 6) is 3.01. The second-order valence-corrected chi connectivity index (χ2v) is 4.52. The third kappa shape index (κ3) is 1.27. The Morgan fingerprint density at radius 1 is 1.33 bits per heavy atom. The molecule has 2 fully saturated rings. The maximum absolute atomic E-state index is 9.13. The summed E-state index contributed by atoms with van der Waals surface area (Å²) in [5.41, 5.74) is 5.63. The largest absolute Gasteiger partial charge is 0.396 e. The van der Waals surface area contributed by atoms with Crippen LogP contribution in [0.15, 0.2) is 0 Å². The first-order valence-electron chi connectivity index (χ1n) is 5.16. The number of hydrogen-bond donors (Lipinski definition) is 2. The zero-order valence-corrected chi connectivity index (χ0v) is 7.58. The van der Waals surface area contributed by atoms with Crippen LogP contribution in [0.5, 0.6) is 0 Å². The molecule has 2 nitrogen and oxygen atoms in total. The fourth-order valence-corrected chi connectivity index (χ4v) is 3.26. The lowest BCUT2D eigenvalue weighted by molar-refractivity contribution is 0.142. The van der Waals surface area contributed by atoms with Gasteiger partial charge in [0.15, 0.2) is 0 Å². The summed E-state index contributed by atoms with van der Waals surface area (Å²) in [5, 5.41) is 9.13. The Balaban J connectivity index is 1.96. The van der Waals surface area contributed by atoms with Crippen LogP contribution >= 0.6 is 0 Å². The Hall–Kier alpha value is -0.0800. The summed E-state index contributed by atoms with van der Waals surface area (Å²) in [6.45, 7) is 0.967. The lowest BCUT2D eigenvalue weighted by atomic mass is 9.80. The third-order valence-corrected chi connectivity index (χ3v) is 3.94. The summed E-state index contributed by atoms with van der Waals surface area (Å²) < 4.78 is 0. The van der Waals surface area contributed by atoms with Gasteiger partial charge in [-0.15, -0.1) is 0 Å². The van der Waals surface area contributed by atoms with Crippen molar-refractivity contribution in [2.45, 2.75) is 25.7 Å². The molecule has 2 aliphatic rings. The van der Waals surface area contributed by atoms with Crippen molar-refractivity contribution in [3.63, 3.8) is 0 Å². The van der Waals surface area contributed by atoms with E-state index in [-0.39, 0.29) is 0 Å². The first-order valence-corrected chi connectivity index (χ1v) is 5.16. The van der Waals surface area contributed by atoms with Gasteiger partial charge in [-0.3, -0.25) is 0 Å². The first-order chi connectivity index (χ1) is 5.85. The van der Waals surface area contributed by atoms with Gasteiger partial charge in [0.05, 0.1) is 0 Å². The Kier molecular flexibility index (Phi) is 2.37. The standard InChI is InChI=1S/C10H19NO/c11-5-9(6-12)10-4-7-1-2-8(10)3-7/h7-10,12H,1-6,11H2.